The van der Waals surface area contributed by atoms with Crippen LogP contribution in [0.3, 0.4) is 0 Å². The fourth-order valence-electron chi connectivity index (χ4n) is 4.14. The lowest BCUT2D eigenvalue weighted by atomic mass is 9.95. The molecule has 1 heterocycles. The number of hydrogen-bond donors (Lipinski definition) is 2. The first-order valence-corrected chi connectivity index (χ1v) is 13.8. The molecule has 2 aromatic rings. The highest BCUT2D eigenvalue weighted by Gasteiger charge is 2.31. The number of carbonyl (C=O) groups excluding carboxylic acids is 2. The first-order chi connectivity index (χ1) is 16.9. The molecule has 196 valence electrons. The lowest BCUT2D eigenvalue weighted by Crippen LogP contribution is -2.40. The van der Waals surface area contributed by atoms with Crippen LogP contribution in [0.1, 0.15) is 59.1 Å². The van der Waals surface area contributed by atoms with Crippen molar-refractivity contribution in [1.29, 1.82) is 0 Å². The van der Waals surface area contributed by atoms with E-state index >= 15 is 0 Å². The van der Waals surface area contributed by atoms with Crippen LogP contribution in [0, 0.1) is 11.3 Å². The molecule has 2 aromatic carbocycles. The fourth-order valence-corrected chi connectivity index (χ4v) is 5.62. The van der Waals surface area contributed by atoms with E-state index in [-0.39, 0.29) is 22.7 Å². The molecule has 2 atom stereocenters. The Morgan fingerprint density at radius 3 is 2.47 bits per heavy atom. The summed E-state index contributed by atoms with van der Waals surface area (Å²) in [5, 5.41) is 2.83. The fraction of sp³-hybridized carbons (Fsp3) is 0.481. The molecule has 1 saturated heterocycles. The molecule has 2 N–H and O–H groups in total. The minimum absolute atomic E-state index is 0.0569. The summed E-state index contributed by atoms with van der Waals surface area (Å²) in [6.45, 7) is 10.2. The number of carbonyl (C=O) groups is 2. The maximum Gasteiger partial charge on any atom is 0.310 e. The van der Waals surface area contributed by atoms with Gasteiger partial charge in [0.2, 0.25) is 15.9 Å². The van der Waals surface area contributed by atoms with Crippen molar-refractivity contribution in [2.75, 3.05) is 29.9 Å². The van der Waals surface area contributed by atoms with Gasteiger partial charge in [0.1, 0.15) is 4.90 Å². The zero-order chi connectivity index (χ0) is 26.5. The van der Waals surface area contributed by atoms with Gasteiger partial charge in [0.05, 0.1) is 18.2 Å². The van der Waals surface area contributed by atoms with Crippen LogP contribution in [0.5, 0.6) is 0 Å². The monoisotopic (exact) mass is 515 g/mol. The van der Waals surface area contributed by atoms with Crippen molar-refractivity contribution in [3.63, 3.8) is 0 Å². The molecule has 9 heteroatoms. The number of nitrogens with zero attached hydrogens (tertiary/aromatic N) is 1. The summed E-state index contributed by atoms with van der Waals surface area (Å²) in [7, 11) is -3.99. The highest BCUT2D eigenvalue weighted by atomic mass is 32.2. The van der Waals surface area contributed by atoms with E-state index in [4.69, 9.17) is 4.74 Å². The number of hydrogen-bond acceptors (Lipinski definition) is 6. The van der Waals surface area contributed by atoms with E-state index in [1.54, 1.807) is 46.8 Å². The second kappa shape index (κ2) is 11.4. The van der Waals surface area contributed by atoms with Gasteiger partial charge in [-0.1, -0.05) is 51.1 Å². The molecule has 0 aliphatic carbocycles. The van der Waals surface area contributed by atoms with E-state index in [0.717, 1.165) is 12.0 Å². The summed E-state index contributed by atoms with van der Waals surface area (Å²) < 4.78 is 35.4. The van der Waals surface area contributed by atoms with Crippen molar-refractivity contribution >= 4 is 33.3 Å². The summed E-state index contributed by atoms with van der Waals surface area (Å²) in [5.74, 6) is -0.813. The maximum atomic E-state index is 13.7. The third kappa shape index (κ3) is 6.85. The average molecular weight is 516 g/mol. The Balaban J connectivity index is 1.98. The minimum Gasteiger partial charge on any atom is -0.466 e. The SMILES string of the molecule is CCOC(=O)[C@H]1CCCN(c2ccc(NC(=O)C(C)(C)C)cc2S(=O)(=O)N[C@H](C)c2ccccc2)C1. The lowest BCUT2D eigenvalue weighted by molar-refractivity contribution is -0.148. The van der Waals surface area contributed by atoms with Crippen molar-refractivity contribution in [1.82, 2.24) is 4.72 Å². The summed E-state index contributed by atoms with van der Waals surface area (Å²) in [5.41, 5.74) is 1.08. The molecule has 1 amide bonds. The van der Waals surface area contributed by atoms with Gasteiger partial charge in [-0.15, -0.1) is 0 Å². The second-order valence-electron chi connectivity index (χ2n) is 10.2. The van der Waals surface area contributed by atoms with Crippen molar-refractivity contribution in [2.24, 2.45) is 11.3 Å². The minimum atomic E-state index is -3.99. The van der Waals surface area contributed by atoms with Gasteiger partial charge in [-0.05, 0) is 50.5 Å². The molecule has 8 nitrogen and oxygen atoms in total. The zero-order valence-corrected chi connectivity index (χ0v) is 22.5. The average Bonchev–Trinajstić information content (AvgIpc) is 2.84. The Hall–Kier alpha value is -2.91. The molecule has 1 aliphatic rings. The quantitative estimate of drug-likeness (QED) is 0.502. The van der Waals surface area contributed by atoms with E-state index in [1.807, 2.05) is 35.2 Å². The number of anilines is 2. The summed E-state index contributed by atoms with van der Waals surface area (Å²) in [4.78, 5) is 27.0. The third-order valence-corrected chi connectivity index (χ3v) is 7.77. The van der Waals surface area contributed by atoms with Gasteiger partial charge in [0.25, 0.3) is 0 Å². The topological polar surface area (TPSA) is 105 Å². The van der Waals surface area contributed by atoms with E-state index in [9.17, 15) is 18.0 Å². The lowest BCUT2D eigenvalue weighted by Gasteiger charge is -2.34. The third-order valence-electron chi connectivity index (χ3n) is 6.20. The number of esters is 1. The molecule has 0 bridgehead atoms. The van der Waals surface area contributed by atoms with Gasteiger partial charge in [-0.25, -0.2) is 13.1 Å². The van der Waals surface area contributed by atoms with Crippen LogP contribution in [0.15, 0.2) is 53.4 Å². The highest BCUT2D eigenvalue weighted by molar-refractivity contribution is 7.89. The summed E-state index contributed by atoms with van der Waals surface area (Å²) in [6.07, 6.45) is 1.43. The number of sulfonamides is 1. The van der Waals surface area contributed by atoms with Crippen LogP contribution >= 0.6 is 0 Å². The van der Waals surface area contributed by atoms with Gasteiger partial charge in [-0.3, -0.25) is 9.59 Å². The molecule has 0 unspecified atom stereocenters. The van der Waals surface area contributed by atoms with Crippen molar-refractivity contribution in [3.8, 4) is 0 Å². The van der Waals surface area contributed by atoms with E-state index in [2.05, 4.69) is 10.0 Å². The van der Waals surface area contributed by atoms with Crippen LogP contribution in [0.2, 0.25) is 0 Å². The first-order valence-electron chi connectivity index (χ1n) is 12.4. The predicted molar refractivity (Wildman–Crippen MR) is 141 cm³/mol. The molecule has 0 aromatic heterocycles. The molecule has 36 heavy (non-hydrogen) atoms. The number of rotatable bonds is 8. The Labute approximate surface area is 214 Å². The van der Waals surface area contributed by atoms with E-state index < -0.39 is 21.5 Å². The van der Waals surface area contributed by atoms with Crippen LogP contribution in [0.25, 0.3) is 0 Å². The largest absolute Gasteiger partial charge is 0.466 e. The van der Waals surface area contributed by atoms with Gasteiger partial charge in [0.15, 0.2) is 0 Å². The molecular formula is C27H37N3O5S. The molecule has 1 aliphatic heterocycles. The van der Waals surface area contributed by atoms with Crippen molar-refractivity contribution < 1.29 is 22.7 Å². The number of ether oxygens (including phenoxy) is 1. The first kappa shape index (κ1) is 27.7. The van der Waals surface area contributed by atoms with Gasteiger partial charge < -0.3 is 15.0 Å². The van der Waals surface area contributed by atoms with Gasteiger partial charge in [-0.2, -0.15) is 0 Å². The van der Waals surface area contributed by atoms with Crippen LogP contribution < -0.4 is 14.9 Å². The smallest absolute Gasteiger partial charge is 0.310 e. The molecule has 0 radical (unpaired) electrons. The Kier molecular flexibility index (Phi) is 8.79. The van der Waals surface area contributed by atoms with Crippen LogP contribution in [-0.4, -0.2) is 40.0 Å². The Morgan fingerprint density at radius 2 is 1.83 bits per heavy atom. The number of nitrogens with one attached hydrogen (secondary N) is 2. The summed E-state index contributed by atoms with van der Waals surface area (Å²) in [6, 6.07) is 13.7. The predicted octanol–water partition coefficient (Wildman–Crippen LogP) is 4.49. The zero-order valence-electron chi connectivity index (χ0n) is 21.7. The number of benzene rings is 2. The van der Waals surface area contributed by atoms with Gasteiger partial charge >= 0.3 is 5.97 Å². The van der Waals surface area contributed by atoms with Crippen molar-refractivity contribution in [3.05, 3.63) is 54.1 Å². The molecule has 1 fully saturated rings. The Bertz CT molecular complexity index is 1180. The highest BCUT2D eigenvalue weighted by Crippen LogP contribution is 2.33. The summed E-state index contributed by atoms with van der Waals surface area (Å²) >= 11 is 0. The standard InChI is InChI=1S/C27H37N3O5S/c1-6-35-25(31)21-13-10-16-30(18-21)23-15-14-22(28-26(32)27(3,4)5)17-24(23)36(33,34)29-19(2)20-11-8-7-9-12-20/h7-9,11-12,14-15,17,19,21,29H,6,10,13,16,18H2,1-5H3,(H,28,32)/t19-,21+/m1/s1. The molecule has 3 rings (SSSR count). The normalized spacial score (nSPS) is 17.4. The maximum absolute atomic E-state index is 13.7. The van der Waals surface area contributed by atoms with Crippen molar-refractivity contribution in [2.45, 2.75) is 58.4 Å². The molecule has 0 saturated carbocycles. The van der Waals surface area contributed by atoms with E-state index in [0.29, 0.717) is 37.5 Å². The van der Waals surface area contributed by atoms with Crippen LogP contribution in [0.4, 0.5) is 11.4 Å². The van der Waals surface area contributed by atoms with E-state index in [1.165, 1.54) is 6.07 Å². The molecular weight excluding hydrogens is 478 g/mol. The number of amides is 1. The Morgan fingerprint density at radius 1 is 1.14 bits per heavy atom. The second-order valence-corrected chi connectivity index (χ2v) is 11.9. The van der Waals surface area contributed by atoms with Gasteiger partial charge in [0, 0.05) is 30.2 Å². The molecule has 0 spiro atoms. The van der Waals surface area contributed by atoms with Crippen LogP contribution in [-0.2, 0) is 24.3 Å². The number of piperidine rings is 1.